The lowest BCUT2D eigenvalue weighted by Crippen LogP contribution is -2.31. The Labute approximate surface area is 244 Å². The summed E-state index contributed by atoms with van der Waals surface area (Å²) in [5.74, 6) is 0.625. The summed E-state index contributed by atoms with van der Waals surface area (Å²) >= 11 is 0. The molecule has 9 nitrogen and oxygen atoms in total. The second kappa shape index (κ2) is 12.6. The predicted octanol–water partition coefficient (Wildman–Crippen LogP) is 5.92. The van der Waals surface area contributed by atoms with Gasteiger partial charge in [-0.25, -0.2) is 4.99 Å². The third-order valence-electron chi connectivity index (χ3n) is 8.55. The van der Waals surface area contributed by atoms with E-state index in [0.29, 0.717) is 37.1 Å². The number of amides is 1. The highest BCUT2D eigenvalue weighted by Gasteiger charge is 2.30. The van der Waals surface area contributed by atoms with Crippen molar-refractivity contribution in [3.8, 4) is 11.1 Å². The number of fused-ring (bicyclic) bond motifs is 1. The number of amidine groups is 1. The third kappa shape index (κ3) is 6.21. The second-order valence-electron chi connectivity index (χ2n) is 11.3. The summed E-state index contributed by atoms with van der Waals surface area (Å²) in [6.07, 6.45) is 6.19. The maximum absolute atomic E-state index is 13.6. The van der Waals surface area contributed by atoms with Gasteiger partial charge in [0.15, 0.2) is 12.5 Å². The van der Waals surface area contributed by atoms with Crippen molar-refractivity contribution in [1.29, 1.82) is 0 Å². The smallest absolute Gasteiger partial charge is 0.228 e. The molecule has 1 aliphatic heterocycles. The lowest BCUT2D eigenvalue weighted by Gasteiger charge is -2.27. The van der Waals surface area contributed by atoms with Crippen molar-refractivity contribution in [2.24, 2.45) is 38.7 Å². The summed E-state index contributed by atoms with van der Waals surface area (Å²) in [5, 5.41) is 19.2. The molecule has 3 aromatic carbocycles. The number of aromatic nitrogens is 2. The Balaban J connectivity index is 1.18. The molecule has 214 valence electrons. The molecule has 4 N–H and O–H groups in total. The zero-order chi connectivity index (χ0) is 28.9. The first-order chi connectivity index (χ1) is 20.6. The normalized spacial score (nSPS) is 19.0. The van der Waals surface area contributed by atoms with E-state index in [2.05, 4.69) is 61.1 Å². The van der Waals surface area contributed by atoms with Crippen LogP contribution in [0.4, 0.5) is 5.69 Å². The number of ketones is 1. The standard InChI is InChI=1S/C33H35N7O2/c34-18-22-6-10-24(11-7-22)31(41)17-26(33(42)38-27-14-12-25(13-15-27)32-35-20-37-40-32)16-21-4-8-23(9-5-21)28-2-1-3-30-29(28)19-36-39-30/h1-5,8-9,12-15,19,22,24,26H,6-7,10-11,16-18,20,34H2,(H,36,39)(H,38,42)/t22?,24?,26-/m1/s1. The van der Waals surface area contributed by atoms with Gasteiger partial charge in [-0.3, -0.25) is 14.7 Å². The predicted molar refractivity (Wildman–Crippen MR) is 164 cm³/mol. The molecule has 0 spiro atoms. The van der Waals surface area contributed by atoms with Gasteiger partial charge in [-0.2, -0.15) is 10.2 Å². The fourth-order valence-corrected chi connectivity index (χ4v) is 6.04. The number of Topliss-reactive ketones (excluding diaryl/α,β-unsaturated/α-hetero) is 1. The largest absolute Gasteiger partial charge is 0.330 e. The number of hydrogen-bond acceptors (Lipinski definition) is 7. The molecule has 1 atom stereocenters. The van der Waals surface area contributed by atoms with Gasteiger partial charge >= 0.3 is 0 Å². The van der Waals surface area contributed by atoms with Gasteiger partial charge < -0.3 is 11.1 Å². The number of nitrogens with two attached hydrogens (primary N) is 1. The van der Waals surface area contributed by atoms with Crippen LogP contribution in [-0.4, -0.2) is 40.9 Å². The summed E-state index contributed by atoms with van der Waals surface area (Å²) in [4.78, 5) is 31.3. The number of rotatable bonds is 10. The number of hydrogen-bond donors (Lipinski definition) is 3. The fraction of sp³-hybridized carbons (Fsp3) is 0.333. The minimum absolute atomic E-state index is 0.00144. The molecule has 0 unspecified atom stereocenters. The number of benzene rings is 3. The van der Waals surface area contributed by atoms with Crippen molar-refractivity contribution in [2.45, 2.75) is 38.5 Å². The molecule has 2 heterocycles. The Hall–Kier alpha value is -4.50. The molecule has 2 aliphatic rings. The van der Waals surface area contributed by atoms with Gasteiger partial charge in [0.2, 0.25) is 5.91 Å². The number of nitrogens with zero attached hydrogens (tertiary/aromatic N) is 4. The zero-order valence-corrected chi connectivity index (χ0v) is 23.5. The van der Waals surface area contributed by atoms with Crippen LogP contribution in [0, 0.1) is 17.8 Å². The number of H-pyrrole nitrogens is 1. The molecular weight excluding hydrogens is 526 g/mol. The zero-order valence-electron chi connectivity index (χ0n) is 23.5. The first kappa shape index (κ1) is 27.7. The summed E-state index contributed by atoms with van der Waals surface area (Å²) in [6, 6.07) is 21.8. The summed E-state index contributed by atoms with van der Waals surface area (Å²) in [6.45, 7) is 1.02. The van der Waals surface area contributed by atoms with E-state index in [4.69, 9.17) is 5.73 Å². The average molecular weight is 562 g/mol. The molecule has 4 aromatic rings. The summed E-state index contributed by atoms with van der Waals surface area (Å²) in [5.41, 5.74) is 11.5. The number of carbonyl (C=O) groups is 2. The molecule has 1 amide bonds. The molecular formula is C33H35N7O2. The summed E-state index contributed by atoms with van der Waals surface area (Å²) in [7, 11) is 0. The Kier molecular flexibility index (Phi) is 8.28. The minimum Gasteiger partial charge on any atom is -0.330 e. The van der Waals surface area contributed by atoms with Gasteiger partial charge in [0.25, 0.3) is 0 Å². The third-order valence-corrected chi connectivity index (χ3v) is 8.55. The van der Waals surface area contributed by atoms with Crippen LogP contribution in [0.1, 0.15) is 43.2 Å². The van der Waals surface area contributed by atoms with Gasteiger partial charge in [0, 0.05) is 34.9 Å². The van der Waals surface area contributed by atoms with Gasteiger partial charge in [-0.05, 0) is 91.6 Å². The van der Waals surface area contributed by atoms with Gasteiger partial charge in [0.1, 0.15) is 5.78 Å². The van der Waals surface area contributed by atoms with E-state index < -0.39 is 5.92 Å². The van der Waals surface area contributed by atoms with Crippen molar-refractivity contribution in [2.75, 3.05) is 18.5 Å². The maximum atomic E-state index is 13.6. The maximum Gasteiger partial charge on any atom is 0.228 e. The molecule has 1 fully saturated rings. The highest BCUT2D eigenvalue weighted by atomic mass is 16.2. The molecule has 1 aromatic heterocycles. The Bertz CT molecular complexity index is 1610. The number of aromatic amines is 1. The van der Waals surface area contributed by atoms with Crippen molar-refractivity contribution in [1.82, 2.24) is 10.2 Å². The molecule has 42 heavy (non-hydrogen) atoms. The topological polar surface area (TPSA) is 138 Å². The Morgan fingerprint density at radius 1 is 0.952 bits per heavy atom. The van der Waals surface area contributed by atoms with E-state index in [-0.39, 0.29) is 24.0 Å². The van der Waals surface area contributed by atoms with Crippen molar-refractivity contribution in [3.63, 3.8) is 0 Å². The van der Waals surface area contributed by atoms with Crippen LogP contribution < -0.4 is 11.1 Å². The van der Waals surface area contributed by atoms with Crippen LogP contribution >= 0.6 is 0 Å². The Morgan fingerprint density at radius 2 is 1.71 bits per heavy atom. The fourth-order valence-electron chi connectivity index (χ4n) is 6.04. The molecule has 1 saturated carbocycles. The first-order valence-electron chi connectivity index (χ1n) is 14.6. The summed E-state index contributed by atoms with van der Waals surface area (Å²) < 4.78 is 0. The van der Waals surface area contributed by atoms with Crippen LogP contribution in [0.2, 0.25) is 0 Å². The molecule has 0 saturated heterocycles. The quantitative estimate of drug-likeness (QED) is 0.221. The highest BCUT2D eigenvalue weighted by molar-refractivity contribution is 6.01. The first-order valence-corrected chi connectivity index (χ1v) is 14.6. The second-order valence-corrected chi connectivity index (χ2v) is 11.3. The van der Waals surface area contributed by atoms with Crippen molar-refractivity contribution >= 4 is 34.1 Å². The van der Waals surface area contributed by atoms with Crippen molar-refractivity contribution in [3.05, 3.63) is 84.1 Å². The van der Waals surface area contributed by atoms with E-state index in [1.807, 2.05) is 42.6 Å². The lowest BCUT2D eigenvalue weighted by molar-refractivity contribution is -0.129. The number of azo groups is 1. The van der Waals surface area contributed by atoms with Crippen LogP contribution in [0.3, 0.4) is 0 Å². The molecule has 9 heteroatoms. The highest BCUT2D eigenvalue weighted by Crippen LogP contribution is 2.32. The SMILES string of the molecule is NCC1CCC(C(=O)C[C@@H](Cc2ccc(-c3cccc4[nH]ncc34)cc2)C(=O)Nc2ccc(C3=NCN=N3)cc2)CC1. The minimum atomic E-state index is -0.486. The van der Waals surface area contributed by atoms with Gasteiger partial charge in [-0.15, -0.1) is 5.11 Å². The number of anilines is 1. The molecule has 0 radical (unpaired) electrons. The average Bonchev–Trinajstić information content (AvgIpc) is 3.74. The number of nitrogens with one attached hydrogen (secondary N) is 2. The van der Waals surface area contributed by atoms with Gasteiger partial charge in [0.05, 0.1) is 11.7 Å². The van der Waals surface area contributed by atoms with E-state index in [9.17, 15) is 9.59 Å². The van der Waals surface area contributed by atoms with E-state index in [1.54, 1.807) is 0 Å². The van der Waals surface area contributed by atoms with Crippen molar-refractivity contribution < 1.29 is 9.59 Å². The Morgan fingerprint density at radius 3 is 2.43 bits per heavy atom. The lowest BCUT2D eigenvalue weighted by atomic mass is 9.77. The number of carbonyl (C=O) groups excluding carboxylic acids is 2. The molecule has 6 rings (SSSR count). The molecule has 1 aliphatic carbocycles. The van der Waals surface area contributed by atoms with E-state index >= 15 is 0 Å². The van der Waals surface area contributed by atoms with Crippen LogP contribution in [0.25, 0.3) is 22.0 Å². The van der Waals surface area contributed by atoms with E-state index in [1.165, 1.54) is 0 Å². The van der Waals surface area contributed by atoms with Crippen LogP contribution in [0.5, 0.6) is 0 Å². The van der Waals surface area contributed by atoms with E-state index in [0.717, 1.165) is 58.8 Å². The van der Waals surface area contributed by atoms with Gasteiger partial charge in [-0.1, -0.05) is 36.4 Å². The number of aliphatic imine (C=N–C) groups is 1. The van der Waals surface area contributed by atoms with Crippen LogP contribution in [0.15, 0.2) is 88.1 Å². The molecule has 0 bridgehead atoms. The monoisotopic (exact) mass is 561 g/mol. The van der Waals surface area contributed by atoms with Crippen LogP contribution in [-0.2, 0) is 16.0 Å².